The number of rotatable bonds is 4. The van der Waals surface area contributed by atoms with E-state index in [1.807, 2.05) is 0 Å². The number of phenolic OH excluding ortho intramolecular Hbond substituents is 1. The zero-order chi connectivity index (χ0) is 18.7. The van der Waals surface area contributed by atoms with Gasteiger partial charge in [-0.3, -0.25) is 4.79 Å². The lowest BCUT2D eigenvalue weighted by atomic mass is 10.1. The maximum absolute atomic E-state index is 13.0. The molecule has 0 aliphatic rings. The first-order valence-corrected chi connectivity index (χ1v) is 8.38. The Morgan fingerprint density at radius 1 is 1.08 bits per heavy atom. The number of carbonyl (C=O) groups is 2. The summed E-state index contributed by atoms with van der Waals surface area (Å²) in [6.07, 6.45) is 0. The molecule has 0 aliphatic carbocycles. The second-order valence-corrected chi connectivity index (χ2v) is 6.40. The fourth-order valence-electron chi connectivity index (χ4n) is 2.33. The standard InChI is InChI=1S/C19H14FNO4S/c1-25-19(24)13-3-2-4-14(17(13)22)21-18(23)16-10-9-15(26-16)11-5-7-12(20)8-6-11/h2-10,22H,1H3,(H,21,23). The van der Waals surface area contributed by atoms with E-state index in [-0.39, 0.29) is 22.8 Å². The third kappa shape index (κ3) is 3.57. The van der Waals surface area contributed by atoms with Crippen LogP contribution >= 0.6 is 11.3 Å². The maximum Gasteiger partial charge on any atom is 0.341 e. The summed E-state index contributed by atoms with van der Waals surface area (Å²) in [6.45, 7) is 0. The van der Waals surface area contributed by atoms with Gasteiger partial charge in [0.2, 0.25) is 0 Å². The fraction of sp³-hybridized carbons (Fsp3) is 0.0526. The minimum atomic E-state index is -0.701. The number of amides is 1. The average molecular weight is 371 g/mol. The van der Waals surface area contributed by atoms with Crippen LogP contribution < -0.4 is 5.32 Å². The van der Waals surface area contributed by atoms with Crippen molar-refractivity contribution >= 4 is 28.9 Å². The molecule has 26 heavy (non-hydrogen) atoms. The highest BCUT2D eigenvalue weighted by atomic mass is 32.1. The lowest BCUT2D eigenvalue weighted by molar-refractivity contribution is 0.0597. The topological polar surface area (TPSA) is 75.6 Å². The largest absolute Gasteiger partial charge is 0.505 e. The first-order chi connectivity index (χ1) is 12.5. The fourth-order valence-corrected chi connectivity index (χ4v) is 3.24. The van der Waals surface area contributed by atoms with Crippen LogP contribution in [-0.4, -0.2) is 24.1 Å². The number of hydrogen-bond acceptors (Lipinski definition) is 5. The maximum atomic E-state index is 13.0. The first-order valence-electron chi connectivity index (χ1n) is 7.57. The van der Waals surface area contributed by atoms with Crippen molar-refractivity contribution in [1.82, 2.24) is 0 Å². The SMILES string of the molecule is COC(=O)c1cccc(NC(=O)c2ccc(-c3ccc(F)cc3)s2)c1O. The number of ether oxygens (including phenoxy) is 1. The minimum absolute atomic E-state index is 0.0384. The van der Waals surface area contributed by atoms with Gasteiger partial charge >= 0.3 is 5.97 Å². The second-order valence-electron chi connectivity index (χ2n) is 5.32. The summed E-state index contributed by atoms with van der Waals surface area (Å²) in [6, 6.07) is 13.8. The minimum Gasteiger partial charge on any atom is -0.505 e. The van der Waals surface area contributed by atoms with Gasteiger partial charge in [-0.2, -0.15) is 0 Å². The molecule has 1 aromatic heterocycles. The molecule has 132 valence electrons. The van der Waals surface area contributed by atoms with Gasteiger partial charge in [-0.05, 0) is 42.0 Å². The number of carbonyl (C=O) groups excluding carboxylic acids is 2. The third-order valence-electron chi connectivity index (χ3n) is 3.65. The Morgan fingerprint density at radius 3 is 2.50 bits per heavy atom. The Hall–Kier alpha value is -3.19. The summed E-state index contributed by atoms with van der Waals surface area (Å²) in [7, 11) is 1.20. The number of nitrogens with one attached hydrogen (secondary N) is 1. The second kappa shape index (κ2) is 7.37. The van der Waals surface area contributed by atoms with Crippen molar-refractivity contribution in [2.45, 2.75) is 0 Å². The predicted octanol–water partition coefficient (Wildman–Crippen LogP) is 4.30. The van der Waals surface area contributed by atoms with Crippen molar-refractivity contribution in [1.29, 1.82) is 0 Å². The lowest BCUT2D eigenvalue weighted by Crippen LogP contribution is -2.11. The van der Waals surface area contributed by atoms with Crippen LogP contribution in [0.15, 0.2) is 54.6 Å². The molecular weight excluding hydrogens is 357 g/mol. The van der Waals surface area contributed by atoms with E-state index in [0.29, 0.717) is 4.88 Å². The molecule has 0 radical (unpaired) electrons. The molecule has 0 saturated heterocycles. The summed E-state index contributed by atoms with van der Waals surface area (Å²) in [5.74, 6) is -1.82. The molecule has 1 heterocycles. The van der Waals surface area contributed by atoms with Gasteiger partial charge in [-0.1, -0.05) is 18.2 Å². The first kappa shape index (κ1) is 17.6. The third-order valence-corrected chi connectivity index (χ3v) is 4.78. The molecule has 5 nitrogen and oxygen atoms in total. The van der Waals surface area contributed by atoms with Crippen LogP contribution in [0.1, 0.15) is 20.0 Å². The number of benzene rings is 2. The Balaban J connectivity index is 1.81. The van der Waals surface area contributed by atoms with Gasteiger partial charge in [-0.25, -0.2) is 9.18 Å². The Labute approximate surface area is 152 Å². The average Bonchev–Trinajstić information content (AvgIpc) is 3.13. The van der Waals surface area contributed by atoms with E-state index >= 15 is 0 Å². The number of para-hydroxylation sites is 1. The van der Waals surface area contributed by atoms with Gasteiger partial charge in [0, 0.05) is 4.88 Å². The van der Waals surface area contributed by atoms with Crippen LogP contribution in [0.2, 0.25) is 0 Å². The number of anilines is 1. The van der Waals surface area contributed by atoms with Crippen LogP contribution in [0.4, 0.5) is 10.1 Å². The number of thiophene rings is 1. The molecule has 2 N–H and O–H groups in total. The number of esters is 1. The van der Waals surface area contributed by atoms with Gasteiger partial charge in [0.25, 0.3) is 5.91 Å². The molecular formula is C19H14FNO4S. The molecule has 0 atom stereocenters. The summed E-state index contributed by atoms with van der Waals surface area (Å²) in [5, 5.41) is 12.7. The summed E-state index contributed by atoms with van der Waals surface area (Å²) in [5.41, 5.74) is 0.865. The van der Waals surface area contributed by atoms with Crippen molar-refractivity contribution in [3.63, 3.8) is 0 Å². The highest BCUT2D eigenvalue weighted by Crippen LogP contribution is 2.31. The molecule has 0 aliphatic heterocycles. The monoisotopic (exact) mass is 371 g/mol. The van der Waals surface area contributed by atoms with Gasteiger partial charge in [0.05, 0.1) is 17.7 Å². The molecule has 0 unspecified atom stereocenters. The van der Waals surface area contributed by atoms with Gasteiger partial charge in [0.15, 0.2) is 5.75 Å². The quantitative estimate of drug-likeness (QED) is 0.530. The van der Waals surface area contributed by atoms with E-state index < -0.39 is 11.9 Å². The van der Waals surface area contributed by atoms with Crippen molar-refractivity contribution in [3.05, 3.63) is 70.9 Å². The van der Waals surface area contributed by atoms with Crippen molar-refractivity contribution in [2.24, 2.45) is 0 Å². The van der Waals surface area contributed by atoms with E-state index in [1.165, 1.54) is 48.8 Å². The Morgan fingerprint density at radius 2 is 1.81 bits per heavy atom. The summed E-state index contributed by atoms with van der Waals surface area (Å²) < 4.78 is 17.6. The number of methoxy groups -OCH3 is 1. The van der Waals surface area contributed by atoms with Gasteiger partial charge < -0.3 is 15.2 Å². The molecule has 0 bridgehead atoms. The summed E-state index contributed by atoms with van der Waals surface area (Å²) >= 11 is 1.23. The molecule has 2 aromatic carbocycles. The van der Waals surface area contributed by atoms with Crippen LogP contribution in [0.25, 0.3) is 10.4 Å². The predicted molar refractivity (Wildman–Crippen MR) is 97.1 cm³/mol. The van der Waals surface area contributed by atoms with Gasteiger partial charge in [-0.15, -0.1) is 11.3 Å². The van der Waals surface area contributed by atoms with E-state index in [0.717, 1.165) is 10.4 Å². The molecule has 3 aromatic rings. The molecule has 0 saturated carbocycles. The zero-order valence-electron chi connectivity index (χ0n) is 13.7. The number of phenols is 1. The molecule has 7 heteroatoms. The Kier molecular flexibility index (Phi) is 4.99. The van der Waals surface area contributed by atoms with Crippen LogP contribution in [0, 0.1) is 5.82 Å². The number of halogens is 1. The highest BCUT2D eigenvalue weighted by molar-refractivity contribution is 7.17. The smallest absolute Gasteiger partial charge is 0.341 e. The van der Waals surface area contributed by atoms with E-state index in [4.69, 9.17) is 0 Å². The van der Waals surface area contributed by atoms with Crippen LogP contribution in [-0.2, 0) is 4.74 Å². The zero-order valence-corrected chi connectivity index (χ0v) is 14.5. The van der Waals surface area contributed by atoms with Crippen molar-refractivity contribution in [3.8, 4) is 16.2 Å². The molecule has 0 spiro atoms. The summed E-state index contributed by atoms with van der Waals surface area (Å²) in [4.78, 5) is 25.3. The van der Waals surface area contributed by atoms with E-state index in [2.05, 4.69) is 10.1 Å². The number of hydrogen-bond donors (Lipinski definition) is 2. The molecule has 3 rings (SSSR count). The lowest BCUT2D eigenvalue weighted by Gasteiger charge is -2.09. The Bertz CT molecular complexity index is 966. The van der Waals surface area contributed by atoms with Crippen molar-refractivity contribution < 1.29 is 23.8 Å². The van der Waals surface area contributed by atoms with Gasteiger partial charge in [0.1, 0.15) is 11.4 Å². The molecule has 1 amide bonds. The normalized spacial score (nSPS) is 10.4. The number of aromatic hydroxyl groups is 1. The van der Waals surface area contributed by atoms with E-state index in [9.17, 15) is 19.1 Å². The highest BCUT2D eigenvalue weighted by Gasteiger charge is 2.17. The van der Waals surface area contributed by atoms with Crippen LogP contribution in [0.5, 0.6) is 5.75 Å². The van der Waals surface area contributed by atoms with Crippen molar-refractivity contribution in [2.75, 3.05) is 12.4 Å². The van der Waals surface area contributed by atoms with Crippen LogP contribution in [0.3, 0.4) is 0 Å². The van der Waals surface area contributed by atoms with E-state index in [1.54, 1.807) is 24.3 Å². The molecule has 0 fully saturated rings.